The van der Waals surface area contributed by atoms with E-state index in [0.717, 1.165) is 5.39 Å². The summed E-state index contributed by atoms with van der Waals surface area (Å²) in [6, 6.07) is 8.83. The number of rotatable bonds is 0. The molecular weight excluding hydrogens is 152 g/mol. The van der Waals surface area contributed by atoms with Crippen molar-refractivity contribution in [1.82, 2.24) is 0 Å². The predicted molar refractivity (Wildman–Crippen MR) is 46.5 cm³/mol. The van der Waals surface area contributed by atoms with E-state index in [-0.39, 0.29) is 5.55 Å². The summed E-state index contributed by atoms with van der Waals surface area (Å²) in [5.74, 6) is 0. The number of hydrogen-bond acceptors (Lipinski definition) is 3. The Bertz CT molecular complexity index is 473. The SMILES string of the molecule is N=c1ccc2ccc(N)cc2o1. The van der Waals surface area contributed by atoms with Gasteiger partial charge < -0.3 is 10.2 Å². The van der Waals surface area contributed by atoms with Crippen LogP contribution in [0.4, 0.5) is 5.69 Å². The van der Waals surface area contributed by atoms with Crippen LogP contribution in [0.2, 0.25) is 0 Å². The van der Waals surface area contributed by atoms with Crippen molar-refractivity contribution >= 4 is 16.7 Å². The minimum absolute atomic E-state index is 0.146. The zero-order valence-electron chi connectivity index (χ0n) is 6.37. The molecule has 0 amide bonds. The zero-order valence-corrected chi connectivity index (χ0v) is 6.37. The van der Waals surface area contributed by atoms with Gasteiger partial charge in [0, 0.05) is 23.2 Å². The molecule has 0 atom stereocenters. The quantitative estimate of drug-likeness (QED) is 0.573. The number of fused-ring (bicyclic) bond motifs is 1. The Balaban J connectivity index is 2.89. The highest BCUT2D eigenvalue weighted by atomic mass is 16.3. The van der Waals surface area contributed by atoms with Gasteiger partial charge in [0.25, 0.3) is 0 Å². The normalized spacial score (nSPS) is 10.3. The molecule has 2 rings (SSSR count). The summed E-state index contributed by atoms with van der Waals surface area (Å²) < 4.78 is 5.13. The lowest BCUT2D eigenvalue weighted by Gasteiger charge is -1.96. The molecule has 1 aromatic heterocycles. The Hall–Kier alpha value is -1.77. The first-order chi connectivity index (χ1) is 5.75. The Morgan fingerprint density at radius 1 is 1.17 bits per heavy atom. The zero-order chi connectivity index (χ0) is 8.55. The summed E-state index contributed by atoms with van der Waals surface area (Å²) in [6.45, 7) is 0. The molecule has 0 spiro atoms. The highest BCUT2D eigenvalue weighted by molar-refractivity contribution is 5.79. The maximum absolute atomic E-state index is 7.24. The third kappa shape index (κ3) is 1.05. The average Bonchev–Trinajstić information content (AvgIpc) is 2.03. The van der Waals surface area contributed by atoms with Crippen LogP contribution in [0.3, 0.4) is 0 Å². The second-order valence-electron chi connectivity index (χ2n) is 2.60. The molecule has 0 bridgehead atoms. The summed E-state index contributed by atoms with van der Waals surface area (Å²) in [5, 5.41) is 8.20. The summed E-state index contributed by atoms with van der Waals surface area (Å²) in [4.78, 5) is 0. The molecule has 0 saturated heterocycles. The van der Waals surface area contributed by atoms with Gasteiger partial charge in [0.15, 0.2) is 0 Å². The van der Waals surface area contributed by atoms with Crippen LogP contribution in [0.25, 0.3) is 11.0 Å². The molecule has 0 aliphatic rings. The van der Waals surface area contributed by atoms with Gasteiger partial charge >= 0.3 is 0 Å². The van der Waals surface area contributed by atoms with E-state index in [1.54, 1.807) is 12.1 Å². The second kappa shape index (κ2) is 2.37. The van der Waals surface area contributed by atoms with E-state index in [1.165, 1.54) is 0 Å². The van der Waals surface area contributed by atoms with E-state index in [2.05, 4.69) is 0 Å². The molecule has 1 heterocycles. The first-order valence-electron chi connectivity index (χ1n) is 3.60. The number of nitrogens with one attached hydrogen (secondary N) is 1. The van der Waals surface area contributed by atoms with Crippen molar-refractivity contribution in [2.75, 3.05) is 5.73 Å². The highest BCUT2D eigenvalue weighted by Gasteiger charge is 1.94. The highest BCUT2D eigenvalue weighted by Crippen LogP contribution is 2.14. The van der Waals surface area contributed by atoms with Gasteiger partial charge in [-0.25, -0.2) is 0 Å². The summed E-state index contributed by atoms with van der Waals surface area (Å²) >= 11 is 0. The first kappa shape index (κ1) is 6.91. The van der Waals surface area contributed by atoms with Crippen LogP contribution in [0.1, 0.15) is 0 Å². The fourth-order valence-corrected chi connectivity index (χ4v) is 1.09. The number of benzene rings is 1. The minimum atomic E-state index is 0.146. The monoisotopic (exact) mass is 160 g/mol. The van der Waals surface area contributed by atoms with Gasteiger partial charge in [-0.05, 0) is 18.2 Å². The Labute approximate surface area is 68.9 Å². The van der Waals surface area contributed by atoms with Gasteiger partial charge in [-0.15, -0.1) is 0 Å². The molecule has 3 N–H and O–H groups in total. The molecular formula is C9H8N2O. The predicted octanol–water partition coefficient (Wildman–Crippen LogP) is 1.49. The van der Waals surface area contributed by atoms with Crippen molar-refractivity contribution in [2.24, 2.45) is 0 Å². The smallest absolute Gasteiger partial charge is 0.211 e. The van der Waals surface area contributed by atoms with Gasteiger partial charge in [0.2, 0.25) is 5.55 Å². The third-order valence-electron chi connectivity index (χ3n) is 1.67. The van der Waals surface area contributed by atoms with Crippen LogP contribution >= 0.6 is 0 Å². The first-order valence-corrected chi connectivity index (χ1v) is 3.60. The van der Waals surface area contributed by atoms with E-state index < -0.39 is 0 Å². The van der Waals surface area contributed by atoms with Crippen molar-refractivity contribution in [3.63, 3.8) is 0 Å². The standard InChI is InChI=1S/C9H8N2O/c10-7-3-1-6-2-4-9(11)12-8(6)5-7/h1-5,11H,10H2. The van der Waals surface area contributed by atoms with Crippen LogP contribution in [-0.2, 0) is 0 Å². The lowest BCUT2D eigenvalue weighted by Crippen LogP contribution is -1.95. The number of nitrogen functional groups attached to an aromatic ring is 1. The van der Waals surface area contributed by atoms with Crippen LogP contribution in [0.15, 0.2) is 34.7 Å². The van der Waals surface area contributed by atoms with Crippen LogP contribution < -0.4 is 11.3 Å². The van der Waals surface area contributed by atoms with Crippen LogP contribution in [0, 0.1) is 5.41 Å². The van der Waals surface area contributed by atoms with Crippen molar-refractivity contribution < 1.29 is 4.42 Å². The Morgan fingerprint density at radius 3 is 2.75 bits per heavy atom. The molecule has 3 nitrogen and oxygen atoms in total. The summed E-state index contributed by atoms with van der Waals surface area (Å²) in [6.07, 6.45) is 0. The molecule has 0 radical (unpaired) electrons. The lowest BCUT2D eigenvalue weighted by atomic mass is 10.2. The van der Waals surface area contributed by atoms with Crippen LogP contribution in [0.5, 0.6) is 0 Å². The van der Waals surface area contributed by atoms with Gasteiger partial charge in [-0.3, -0.25) is 5.41 Å². The van der Waals surface area contributed by atoms with E-state index >= 15 is 0 Å². The van der Waals surface area contributed by atoms with E-state index in [0.29, 0.717) is 11.3 Å². The summed E-state index contributed by atoms with van der Waals surface area (Å²) in [7, 11) is 0. The molecule has 0 fully saturated rings. The molecule has 2 aromatic rings. The van der Waals surface area contributed by atoms with Crippen molar-refractivity contribution in [3.8, 4) is 0 Å². The van der Waals surface area contributed by atoms with Crippen LogP contribution in [-0.4, -0.2) is 0 Å². The molecule has 60 valence electrons. The average molecular weight is 160 g/mol. The Morgan fingerprint density at radius 2 is 1.92 bits per heavy atom. The molecule has 0 aliphatic heterocycles. The topological polar surface area (TPSA) is 63.0 Å². The Kier molecular flexibility index (Phi) is 1.37. The molecule has 1 aromatic carbocycles. The largest absolute Gasteiger partial charge is 0.439 e. The fourth-order valence-electron chi connectivity index (χ4n) is 1.09. The van der Waals surface area contributed by atoms with E-state index in [4.69, 9.17) is 15.6 Å². The van der Waals surface area contributed by atoms with E-state index in [9.17, 15) is 0 Å². The molecule has 0 unspecified atom stereocenters. The van der Waals surface area contributed by atoms with Gasteiger partial charge in [-0.2, -0.15) is 0 Å². The van der Waals surface area contributed by atoms with Crippen molar-refractivity contribution in [2.45, 2.75) is 0 Å². The molecule has 12 heavy (non-hydrogen) atoms. The molecule has 0 aliphatic carbocycles. The third-order valence-corrected chi connectivity index (χ3v) is 1.67. The second-order valence-corrected chi connectivity index (χ2v) is 2.60. The summed E-state index contributed by atoms with van der Waals surface area (Å²) in [5.41, 5.74) is 7.00. The number of anilines is 1. The molecule has 0 saturated carbocycles. The van der Waals surface area contributed by atoms with Crippen molar-refractivity contribution in [3.05, 3.63) is 35.9 Å². The fraction of sp³-hybridized carbons (Fsp3) is 0. The van der Waals surface area contributed by atoms with Gasteiger partial charge in [0.1, 0.15) is 5.58 Å². The number of nitrogens with two attached hydrogens (primary N) is 1. The van der Waals surface area contributed by atoms with Crippen molar-refractivity contribution in [1.29, 1.82) is 5.41 Å². The lowest BCUT2D eigenvalue weighted by molar-refractivity contribution is 0.533. The maximum atomic E-state index is 7.24. The minimum Gasteiger partial charge on any atom is -0.439 e. The van der Waals surface area contributed by atoms with Gasteiger partial charge in [-0.1, -0.05) is 0 Å². The van der Waals surface area contributed by atoms with E-state index in [1.807, 2.05) is 18.2 Å². The molecule has 3 heteroatoms. The number of hydrogen-bond donors (Lipinski definition) is 2. The maximum Gasteiger partial charge on any atom is 0.211 e. The van der Waals surface area contributed by atoms with Gasteiger partial charge in [0.05, 0.1) is 0 Å².